The van der Waals surface area contributed by atoms with E-state index < -0.39 is 0 Å². The van der Waals surface area contributed by atoms with Crippen molar-refractivity contribution in [3.05, 3.63) is 70.1 Å². The van der Waals surface area contributed by atoms with Crippen LogP contribution < -0.4 is 5.32 Å². The molecule has 0 atom stereocenters. The molecule has 0 fully saturated rings. The molecule has 0 aliphatic carbocycles. The number of para-hydroxylation sites is 1. The number of nitrogens with zero attached hydrogens (tertiary/aromatic N) is 1. The maximum atomic E-state index is 14.0. The van der Waals surface area contributed by atoms with Crippen LogP contribution in [0.1, 0.15) is 11.1 Å². The molecule has 4 heteroatoms. The van der Waals surface area contributed by atoms with Crippen molar-refractivity contribution in [2.24, 2.45) is 0 Å². The van der Waals surface area contributed by atoms with Crippen LogP contribution in [0.25, 0.3) is 10.9 Å². The largest absolute Gasteiger partial charge is 0.343 e. The number of benzene rings is 2. The first-order valence-corrected chi connectivity index (χ1v) is 7.63. The van der Waals surface area contributed by atoms with Crippen molar-refractivity contribution in [3.63, 3.8) is 0 Å². The zero-order valence-corrected chi connectivity index (χ0v) is 13.3. The summed E-state index contributed by atoms with van der Waals surface area (Å²) in [5.41, 5.74) is 3.06. The highest BCUT2D eigenvalue weighted by Crippen LogP contribution is 2.23. The molecule has 108 valence electrons. The van der Waals surface area contributed by atoms with Gasteiger partial charge >= 0.3 is 0 Å². The van der Waals surface area contributed by atoms with Crippen molar-refractivity contribution in [1.82, 2.24) is 9.88 Å². The van der Waals surface area contributed by atoms with Gasteiger partial charge < -0.3 is 9.88 Å². The number of halogens is 2. The van der Waals surface area contributed by atoms with Crippen LogP contribution in [0.5, 0.6) is 0 Å². The number of aromatic nitrogens is 1. The van der Waals surface area contributed by atoms with Crippen LogP contribution >= 0.6 is 15.9 Å². The van der Waals surface area contributed by atoms with Crippen LogP contribution in [0, 0.1) is 5.82 Å². The molecule has 0 unspecified atom stereocenters. The molecule has 0 aliphatic heterocycles. The Kier molecular flexibility index (Phi) is 4.08. The van der Waals surface area contributed by atoms with Crippen LogP contribution in [-0.2, 0) is 13.1 Å². The van der Waals surface area contributed by atoms with E-state index in [0.29, 0.717) is 12.1 Å². The zero-order chi connectivity index (χ0) is 14.8. The lowest BCUT2D eigenvalue weighted by atomic mass is 10.1. The smallest absolute Gasteiger partial charge is 0.128 e. The molecule has 0 bridgehead atoms. The highest BCUT2D eigenvalue weighted by molar-refractivity contribution is 9.10. The van der Waals surface area contributed by atoms with Crippen LogP contribution in [0.3, 0.4) is 0 Å². The molecule has 0 radical (unpaired) electrons. The monoisotopic (exact) mass is 346 g/mol. The molecule has 1 N–H and O–H groups in total. The lowest BCUT2D eigenvalue weighted by Crippen LogP contribution is -2.08. The quantitative estimate of drug-likeness (QED) is 0.744. The Balaban J connectivity index is 2.06. The second-order valence-corrected chi connectivity index (χ2v) is 5.98. The zero-order valence-electron chi connectivity index (χ0n) is 11.7. The van der Waals surface area contributed by atoms with Gasteiger partial charge in [0.1, 0.15) is 5.82 Å². The summed E-state index contributed by atoms with van der Waals surface area (Å²) in [5.74, 6) is -0.175. The van der Waals surface area contributed by atoms with E-state index in [-0.39, 0.29) is 5.82 Å². The van der Waals surface area contributed by atoms with E-state index >= 15 is 0 Å². The molecule has 1 heterocycles. The van der Waals surface area contributed by atoms with Crippen LogP contribution in [0.4, 0.5) is 4.39 Å². The summed E-state index contributed by atoms with van der Waals surface area (Å²) in [4.78, 5) is 0. The molecular formula is C17H16BrFN2. The Labute approximate surface area is 131 Å². The van der Waals surface area contributed by atoms with Gasteiger partial charge in [-0.25, -0.2) is 4.39 Å². The van der Waals surface area contributed by atoms with E-state index in [0.717, 1.165) is 16.5 Å². The van der Waals surface area contributed by atoms with Gasteiger partial charge in [0.15, 0.2) is 0 Å². The molecule has 3 aromatic rings. The predicted octanol–water partition coefficient (Wildman–Crippen LogP) is 4.31. The van der Waals surface area contributed by atoms with Crippen molar-refractivity contribution >= 4 is 26.8 Å². The molecule has 1 aromatic heterocycles. The summed E-state index contributed by atoms with van der Waals surface area (Å²) in [5, 5.41) is 4.36. The Morgan fingerprint density at radius 1 is 1.14 bits per heavy atom. The van der Waals surface area contributed by atoms with Crippen molar-refractivity contribution in [2.75, 3.05) is 7.05 Å². The van der Waals surface area contributed by atoms with Gasteiger partial charge in [-0.2, -0.15) is 0 Å². The van der Waals surface area contributed by atoms with Gasteiger partial charge in [-0.15, -0.1) is 0 Å². The van der Waals surface area contributed by atoms with E-state index in [1.807, 2.05) is 19.3 Å². The van der Waals surface area contributed by atoms with E-state index in [4.69, 9.17) is 0 Å². The van der Waals surface area contributed by atoms with Crippen molar-refractivity contribution in [3.8, 4) is 0 Å². The Hall–Kier alpha value is -1.65. The van der Waals surface area contributed by atoms with E-state index in [9.17, 15) is 4.39 Å². The summed E-state index contributed by atoms with van der Waals surface area (Å²) < 4.78 is 17.0. The minimum atomic E-state index is -0.175. The number of hydrogen-bond acceptors (Lipinski definition) is 1. The topological polar surface area (TPSA) is 17.0 Å². The second kappa shape index (κ2) is 6.00. The lowest BCUT2D eigenvalue weighted by Gasteiger charge is -2.11. The molecular weight excluding hydrogens is 331 g/mol. The van der Waals surface area contributed by atoms with E-state index in [1.54, 1.807) is 6.07 Å². The molecule has 3 rings (SSSR count). The molecule has 0 amide bonds. The van der Waals surface area contributed by atoms with Gasteiger partial charge in [-0.05, 0) is 42.3 Å². The SMILES string of the molecule is CNCc1cccc2ccn(Cc3cc(Br)ccc3F)c12. The normalized spacial score (nSPS) is 11.2. The molecule has 0 spiro atoms. The van der Waals surface area contributed by atoms with Gasteiger partial charge in [-0.1, -0.05) is 34.1 Å². The maximum absolute atomic E-state index is 14.0. The average Bonchev–Trinajstić information content (AvgIpc) is 2.88. The predicted molar refractivity (Wildman–Crippen MR) is 87.9 cm³/mol. The van der Waals surface area contributed by atoms with Crippen molar-refractivity contribution in [1.29, 1.82) is 0 Å². The van der Waals surface area contributed by atoms with Gasteiger partial charge in [0.2, 0.25) is 0 Å². The third kappa shape index (κ3) is 2.87. The highest BCUT2D eigenvalue weighted by Gasteiger charge is 2.09. The molecule has 0 saturated heterocycles. The Morgan fingerprint density at radius 2 is 2.00 bits per heavy atom. The van der Waals surface area contributed by atoms with E-state index in [2.05, 4.69) is 50.1 Å². The Bertz CT molecular complexity index is 780. The number of rotatable bonds is 4. The highest BCUT2D eigenvalue weighted by atomic mass is 79.9. The minimum absolute atomic E-state index is 0.175. The van der Waals surface area contributed by atoms with E-state index in [1.165, 1.54) is 17.0 Å². The van der Waals surface area contributed by atoms with Crippen molar-refractivity contribution < 1.29 is 4.39 Å². The average molecular weight is 347 g/mol. The molecule has 21 heavy (non-hydrogen) atoms. The Morgan fingerprint density at radius 3 is 2.81 bits per heavy atom. The standard InChI is InChI=1S/C17H16BrFN2/c1-20-10-13-4-2-3-12-7-8-21(17(12)13)11-14-9-15(18)5-6-16(14)19/h2-9,20H,10-11H2,1H3. The first-order chi connectivity index (χ1) is 10.2. The van der Waals surface area contributed by atoms with Crippen LogP contribution in [0.2, 0.25) is 0 Å². The van der Waals surface area contributed by atoms with Gasteiger partial charge in [0.05, 0.1) is 12.1 Å². The second-order valence-electron chi connectivity index (χ2n) is 5.06. The first kappa shape index (κ1) is 14.3. The summed E-state index contributed by atoms with van der Waals surface area (Å²) in [6, 6.07) is 13.4. The maximum Gasteiger partial charge on any atom is 0.128 e. The van der Waals surface area contributed by atoms with Gasteiger partial charge in [0.25, 0.3) is 0 Å². The van der Waals surface area contributed by atoms with Crippen LogP contribution in [0.15, 0.2) is 53.1 Å². The molecule has 0 aliphatic rings. The fourth-order valence-corrected chi connectivity index (χ4v) is 3.06. The van der Waals surface area contributed by atoms with Gasteiger partial charge in [-0.3, -0.25) is 0 Å². The number of fused-ring (bicyclic) bond motifs is 1. The molecule has 2 nitrogen and oxygen atoms in total. The minimum Gasteiger partial charge on any atom is -0.343 e. The summed E-state index contributed by atoms with van der Waals surface area (Å²) >= 11 is 3.40. The lowest BCUT2D eigenvalue weighted by molar-refractivity contribution is 0.601. The third-order valence-corrected chi connectivity index (χ3v) is 4.08. The molecule has 0 saturated carbocycles. The third-order valence-electron chi connectivity index (χ3n) is 3.59. The van der Waals surface area contributed by atoms with Crippen LogP contribution in [-0.4, -0.2) is 11.6 Å². The number of hydrogen-bond donors (Lipinski definition) is 1. The molecule has 2 aromatic carbocycles. The number of nitrogens with one attached hydrogen (secondary N) is 1. The van der Waals surface area contributed by atoms with Crippen molar-refractivity contribution in [2.45, 2.75) is 13.1 Å². The summed E-state index contributed by atoms with van der Waals surface area (Å²) in [6.45, 7) is 1.32. The first-order valence-electron chi connectivity index (χ1n) is 6.84. The fraction of sp³-hybridized carbons (Fsp3) is 0.176. The summed E-state index contributed by atoms with van der Waals surface area (Å²) in [6.07, 6.45) is 2.02. The summed E-state index contributed by atoms with van der Waals surface area (Å²) in [7, 11) is 1.93. The fourth-order valence-electron chi connectivity index (χ4n) is 2.65. The van der Waals surface area contributed by atoms with Gasteiger partial charge in [0, 0.05) is 22.8 Å².